The number of nitrogens with two attached hydrogens (primary N) is 1. The maximum Gasteiger partial charge on any atom is 0.407 e. The van der Waals surface area contributed by atoms with Crippen LogP contribution in [0.2, 0.25) is 0 Å². The van der Waals surface area contributed by atoms with E-state index < -0.39 is 6.09 Å². The number of fused-ring (bicyclic) bond motifs is 1. The number of alkyl carbamates (subject to hydrolysis) is 1. The van der Waals surface area contributed by atoms with E-state index in [9.17, 15) is 9.59 Å². The minimum absolute atomic E-state index is 0.177. The highest BCUT2D eigenvalue weighted by atomic mass is 16.5. The van der Waals surface area contributed by atoms with Gasteiger partial charge < -0.3 is 15.8 Å². The lowest BCUT2D eigenvalue weighted by atomic mass is 9.97. The zero-order valence-corrected chi connectivity index (χ0v) is 17.7. The molecule has 5 nitrogen and oxygen atoms in total. The molecule has 0 saturated carbocycles. The van der Waals surface area contributed by atoms with E-state index in [1.54, 1.807) is 0 Å². The Kier molecular flexibility index (Phi) is 7.82. The van der Waals surface area contributed by atoms with E-state index in [-0.39, 0.29) is 18.4 Å². The van der Waals surface area contributed by atoms with Gasteiger partial charge in [0.25, 0.3) is 0 Å². The second-order valence-electron chi connectivity index (χ2n) is 7.63. The normalized spacial score (nSPS) is 12.0. The number of carbonyl (C=O) groups is 2. The molecule has 0 aliphatic rings. The van der Waals surface area contributed by atoms with Crippen molar-refractivity contribution in [3.63, 3.8) is 0 Å². The fourth-order valence-corrected chi connectivity index (χ4v) is 3.25. The van der Waals surface area contributed by atoms with Crippen molar-refractivity contribution in [3.8, 4) is 0 Å². The molecule has 3 aromatic carbocycles. The Balaban J connectivity index is 1.45. The Morgan fingerprint density at radius 2 is 1.74 bits per heavy atom. The summed E-state index contributed by atoms with van der Waals surface area (Å²) in [5, 5.41) is 5.03. The number of rotatable bonds is 9. The third-order valence-electron chi connectivity index (χ3n) is 5.06. The van der Waals surface area contributed by atoms with E-state index in [0.717, 1.165) is 27.5 Å². The van der Waals surface area contributed by atoms with Crippen molar-refractivity contribution in [3.05, 3.63) is 89.5 Å². The second kappa shape index (κ2) is 11.0. The van der Waals surface area contributed by atoms with Crippen molar-refractivity contribution < 1.29 is 14.3 Å². The fraction of sp³-hybridized carbons (Fsp3) is 0.231. The summed E-state index contributed by atoms with van der Waals surface area (Å²) in [5.74, 6) is -0.455. The van der Waals surface area contributed by atoms with Gasteiger partial charge in [-0.2, -0.15) is 0 Å². The first-order valence-corrected chi connectivity index (χ1v) is 10.4. The lowest BCUT2D eigenvalue weighted by Crippen LogP contribution is -2.24. The molecule has 0 heterocycles. The summed E-state index contributed by atoms with van der Waals surface area (Å²) in [6, 6.07) is 22.1. The Morgan fingerprint density at radius 3 is 2.52 bits per heavy atom. The molecule has 0 saturated heterocycles. The van der Waals surface area contributed by atoms with Gasteiger partial charge in [0.1, 0.15) is 6.61 Å². The topological polar surface area (TPSA) is 81.4 Å². The highest BCUT2D eigenvalue weighted by Crippen LogP contribution is 2.20. The standard InChI is InChI=1S/C26H28N2O3/c1-19(25(27)29)15-22-11-13-23-16-20(10-12-24(23)17-22)7-5-6-14-28-26(30)31-18-21-8-3-2-4-9-21/h2-5,7-13,16-17,19H,6,14-15,18H2,1H3,(H2,27,29)(H,28,30)/b7-5+/t19-/m0/s1. The van der Waals surface area contributed by atoms with Crippen molar-refractivity contribution in [2.24, 2.45) is 11.7 Å². The first kappa shape index (κ1) is 22.1. The molecule has 1 atom stereocenters. The summed E-state index contributed by atoms with van der Waals surface area (Å²) in [4.78, 5) is 23.0. The van der Waals surface area contributed by atoms with E-state index in [2.05, 4.69) is 35.6 Å². The van der Waals surface area contributed by atoms with E-state index in [1.807, 2.05) is 55.5 Å². The molecule has 160 valence electrons. The third kappa shape index (κ3) is 7.00. The van der Waals surface area contributed by atoms with Gasteiger partial charge in [-0.15, -0.1) is 0 Å². The van der Waals surface area contributed by atoms with E-state index in [0.29, 0.717) is 19.4 Å². The van der Waals surface area contributed by atoms with Gasteiger partial charge >= 0.3 is 6.09 Å². The Bertz CT molecular complexity index is 1060. The Labute approximate surface area is 182 Å². The number of carbonyl (C=O) groups excluding carboxylic acids is 2. The summed E-state index contributed by atoms with van der Waals surface area (Å²) < 4.78 is 5.19. The summed E-state index contributed by atoms with van der Waals surface area (Å²) in [7, 11) is 0. The number of benzene rings is 3. The van der Waals surface area contributed by atoms with Gasteiger partial charge in [-0.25, -0.2) is 4.79 Å². The SMILES string of the molecule is C[C@@H](Cc1ccc2cc(/C=C/CCNC(=O)OCc3ccccc3)ccc2c1)C(N)=O. The molecular weight excluding hydrogens is 388 g/mol. The maximum absolute atomic E-state index is 11.7. The lowest BCUT2D eigenvalue weighted by molar-refractivity contribution is -0.121. The van der Waals surface area contributed by atoms with Crippen molar-refractivity contribution in [1.82, 2.24) is 5.32 Å². The lowest BCUT2D eigenvalue weighted by Gasteiger charge is -2.08. The number of primary amides is 1. The molecule has 31 heavy (non-hydrogen) atoms. The van der Waals surface area contributed by atoms with Crippen LogP contribution in [0.15, 0.2) is 72.8 Å². The molecule has 3 rings (SSSR count). The molecule has 0 unspecified atom stereocenters. The molecule has 0 radical (unpaired) electrons. The van der Waals surface area contributed by atoms with Crippen molar-refractivity contribution in [1.29, 1.82) is 0 Å². The molecule has 0 fully saturated rings. The Hall–Kier alpha value is -3.60. The molecule has 0 aliphatic heterocycles. The molecule has 0 bridgehead atoms. The quantitative estimate of drug-likeness (QED) is 0.490. The van der Waals surface area contributed by atoms with Crippen LogP contribution >= 0.6 is 0 Å². The predicted octanol–water partition coefficient (Wildman–Crippen LogP) is 4.83. The van der Waals surface area contributed by atoms with Crippen LogP contribution in [0, 0.1) is 5.92 Å². The zero-order chi connectivity index (χ0) is 22.1. The van der Waals surface area contributed by atoms with Crippen LogP contribution in [-0.2, 0) is 22.6 Å². The van der Waals surface area contributed by atoms with Crippen LogP contribution in [0.1, 0.15) is 30.0 Å². The largest absolute Gasteiger partial charge is 0.445 e. The highest BCUT2D eigenvalue weighted by Gasteiger charge is 2.09. The number of hydrogen-bond acceptors (Lipinski definition) is 3. The molecule has 5 heteroatoms. The predicted molar refractivity (Wildman–Crippen MR) is 124 cm³/mol. The van der Waals surface area contributed by atoms with E-state index in [4.69, 9.17) is 10.5 Å². The smallest absolute Gasteiger partial charge is 0.407 e. The first-order valence-electron chi connectivity index (χ1n) is 10.4. The van der Waals surface area contributed by atoms with Crippen molar-refractivity contribution in [2.45, 2.75) is 26.4 Å². The van der Waals surface area contributed by atoms with Gasteiger partial charge in [0.15, 0.2) is 0 Å². The van der Waals surface area contributed by atoms with Crippen LogP contribution in [0.5, 0.6) is 0 Å². The number of ether oxygens (including phenoxy) is 1. The molecule has 0 aromatic heterocycles. The van der Waals surface area contributed by atoms with Gasteiger partial charge in [0.2, 0.25) is 5.91 Å². The summed E-state index contributed by atoms with van der Waals surface area (Å²) >= 11 is 0. The molecule has 3 N–H and O–H groups in total. The second-order valence-corrected chi connectivity index (χ2v) is 7.63. The van der Waals surface area contributed by atoms with Gasteiger partial charge in [-0.05, 0) is 46.4 Å². The van der Waals surface area contributed by atoms with Crippen molar-refractivity contribution in [2.75, 3.05) is 6.54 Å². The number of nitrogens with one attached hydrogen (secondary N) is 1. The summed E-state index contributed by atoms with van der Waals surface area (Å²) in [6.07, 6.45) is 5.02. The van der Waals surface area contributed by atoms with Gasteiger partial charge in [-0.1, -0.05) is 79.7 Å². The average Bonchev–Trinajstić information content (AvgIpc) is 2.78. The van der Waals surface area contributed by atoms with Gasteiger partial charge in [0.05, 0.1) is 0 Å². The monoisotopic (exact) mass is 416 g/mol. The number of hydrogen-bond donors (Lipinski definition) is 2. The van der Waals surface area contributed by atoms with Crippen LogP contribution in [-0.4, -0.2) is 18.5 Å². The van der Waals surface area contributed by atoms with Gasteiger partial charge in [0, 0.05) is 12.5 Å². The van der Waals surface area contributed by atoms with Gasteiger partial charge in [-0.3, -0.25) is 4.79 Å². The minimum Gasteiger partial charge on any atom is -0.445 e. The number of amides is 2. The summed E-state index contributed by atoms with van der Waals surface area (Å²) in [6.45, 7) is 2.63. The van der Waals surface area contributed by atoms with E-state index >= 15 is 0 Å². The Morgan fingerprint density at radius 1 is 1.00 bits per heavy atom. The first-order chi connectivity index (χ1) is 15.0. The summed E-state index contributed by atoms with van der Waals surface area (Å²) in [5.41, 5.74) is 8.52. The van der Waals surface area contributed by atoms with Crippen LogP contribution in [0.4, 0.5) is 4.79 Å². The molecule has 0 aliphatic carbocycles. The molecule has 2 amide bonds. The van der Waals surface area contributed by atoms with Crippen LogP contribution in [0.3, 0.4) is 0 Å². The van der Waals surface area contributed by atoms with Crippen LogP contribution in [0.25, 0.3) is 16.8 Å². The minimum atomic E-state index is -0.413. The molecular formula is C26H28N2O3. The van der Waals surface area contributed by atoms with Crippen molar-refractivity contribution >= 4 is 28.8 Å². The molecule has 3 aromatic rings. The highest BCUT2D eigenvalue weighted by molar-refractivity contribution is 5.85. The van der Waals surface area contributed by atoms with E-state index in [1.165, 1.54) is 0 Å². The molecule has 0 spiro atoms. The third-order valence-corrected chi connectivity index (χ3v) is 5.06. The van der Waals surface area contributed by atoms with Crippen LogP contribution < -0.4 is 11.1 Å². The average molecular weight is 417 g/mol. The maximum atomic E-state index is 11.7. The fourth-order valence-electron chi connectivity index (χ4n) is 3.25. The zero-order valence-electron chi connectivity index (χ0n) is 17.7.